The van der Waals surface area contributed by atoms with Crippen LogP contribution in [0.3, 0.4) is 0 Å². The van der Waals surface area contributed by atoms with Gasteiger partial charge < -0.3 is 4.74 Å². The maximum Gasteiger partial charge on any atom is 0.387 e. The molecule has 0 saturated carbocycles. The fraction of sp³-hybridized carbons (Fsp3) is 0.476. The molecule has 3 saturated heterocycles. The van der Waals surface area contributed by atoms with Crippen LogP contribution < -0.4 is 4.74 Å². The van der Waals surface area contributed by atoms with Gasteiger partial charge in [-0.25, -0.2) is 0 Å². The van der Waals surface area contributed by atoms with Crippen LogP contribution in [-0.4, -0.2) is 47.1 Å². The predicted molar refractivity (Wildman–Crippen MR) is 99.5 cm³/mol. The minimum absolute atomic E-state index is 0.215. The molecule has 0 radical (unpaired) electrons. The van der Waals surface area contributed by atoms with E-state index in [1.54, 1.807) is 12.1 Å². The zero-order chi connectivity index (χ0) is 18.6. The summed E-state index contributed by atoms with van der Waals surface area (Å²) in [7, 11) is 0. The van der Waals surface area contributed by atoms with E-state index >= 15 is 0 Å². The third-order valence-corrected chi connectivity index (χ3v) is 5.55. The summed E-state index contributed by atoms with van der Waals surface area (Å²) in [6.45, 7) is 2.25. The molecule has 1 aromatic carbocycles. The first kappa shape index (κ1) is 18.3. The van der Waals surface area contributed by atoms with E-state index in [1.807, 2.05) is 30.5 Å². The Morgan fingerprint density at radius 3 is 2.59 bits per heavy atom. The molecular formula is C21H25F2N3O. The van der Waals surface area contributed by atoms with E-state index in [4.69, 9.17) is 0 Å². The van der Waals surface area contributed by atoms with Crippen LogP contribution in [-0.2, 0) is 13.1 Å². The lowest BCUT2D eigenvalue weighted by atomic mass is 9.94. The Bertz CT molecular complexity index is 726. The molecule has 3 fully saturated rings. The molecule has 0 amide bonds. The molecule has 3 aliphatic rings. The molecule has 27 heavy (non-hydrogen) atoms. The molecule has 0 N–H and O–H groups in total. The molecular weight excluding hydrogens is 348 g/mol. The van der Waals surface area contributed by atoms with E-state index < -0.39 is 6.61 Å². The number of rotatable bonds is 6. The maximum atomic E-state index is 12.3. The van der Waals surface area contributed by atoms with Crippen molar-refractivity contribution in [2.24, 2.45) is 5.92 Å². The number of alkyl halides is 2. The van der Waals surface area contributed by atoms with Gasteiger partial charge in [0, 0.05) is 45.0 Å². The van der Waals surface area contributed by atoms with Gasteiger partial charge in [-0.2, -0.15) is 8.78 Å². The molecule has 4 heterocycles. The Morgan fingerprint density at radius 1 is 1.00 bits per heavy atom. The summed E-state index contributed by atoms with van der Waals surface area (Å²) in [4.78, 5) is 9.55. The molecule has 6 heteroatoms. The Morgan fingerprint density at radius 2 is 1.85 bits per heavy atom. The summed E-state index contributed by atoms with van der Waals surface area (Å²) in [6.07, 6.45) is 4.35. The molecule has 5 rings (SSSR count). The SMILES string of the molecule is FC(F)Oc1ccc(CN2C[C@H]3CC[C@@H]2CN(Cc2ccccn2)C3)cc1. The van der Waals surface area contributed by atoms with Crippen molar-refractivity contribution >= 4 is 0 Å². The molecule has 1 aromatic heterocycles. The van der Waals surface area contributed by atoms with Crippen molar-refractivity contribution in [1.82, 2.24) is 14.8 Å². The lowest BCUT2D eigenvalue weighted by Gasteiger charge is -2.36. The zero-order valence-electron chi connectivity index (χ0n) is 15.3. The fourth-order valence-corrected chi connectivity index (χ4v) is 4.33. The largest absolute Gasteiger partial charge is 0.435 e. The van der Waals surface area contributed by atoms with Gasteiger partial charge in [-0.15, -0.1) is 0 Å². The average molecular weight is 373 g/mol. The van der Waals surface area contributed by atoms with E-state index in [2.05, 4.69) is 25.6 Å². The van der Waals surface area contributed by atoms with Crippen LogP contribution >= 0.6 is 0 Å². The summed E-state index contributed by atoms with van der Waals surface area (Å²) >= 11 is 0. The topological polar surface area (TPSA) is 28.6 Å². The number of piperidine rings is 1. The summed E-state index contributed by atoms with van der Waals surface area (Å²) < 4.78 is 29.0. The smallest absolute Gasteiger partial charge is 0.387 e. The Hall–Kier alpha value is -2.05. The quantitative estimate of drug-likeness (QED) is 0.771. The van der Waals surface area contributed by atoms with E-state index in [0.29, 0.717) is 12.0 Å². The summed E-state index contributed by atoms with van der Waals surface area (Å²) in [6, 6.07) is 13.7. The van der Waals surface area contributed by atoms with Crippen molar-refractivity contribution in [2.45, 2.75) is 38.6 Å². The first-order valence-electron chi connectivity index (χ1n) is 9.56. The molecule has 0 aliphatic carbocycles. The minimum atomic E-state index is -2.78. The van der Waals surface area contributed by atoms with E-state index in [1.165, 1.54) is 12.8 Å². The normalized spacial score (nSPS) is 23.5. The Balaban J connectivity index is 1.39. The third-order valence-electron chi connectivity index (χ3n) is 5.55. The molecule has 2 aromatic rings. The van der Waals surface area contributed by atoms with Crippen LogP contribution in [0.4, 0.5) is 8.78 Å². The lowest BCUT2D eigenvalue weighted by Crippen LogP contribution is -2.43. The zero-order valence-corrected chi connectivity index (χ0v) is 15.3. The molecule has 0 spiro atoms. The standard InChI is InChI=1S/C21H25F2N3O/c22-21(23)27-20-8-5-16(6-9-20)12-26-13-17-4-7-19(26)15-25(11-17)14-18-3-1-2-10-24-18/h1-3,5-6,8-10,17,19,21H,4,7,11-15H2/t17-,19+/m0/s1. The van der Waals surface area contributed by atoms with E-state index in [0.717, 1.165) is 44.0 Å². The number of benzene rings is 1. The van der Waals surface area contributed by atoms with Gasteiger partial charge in [-0.3, -0.25) is 14.8 Å². The van der Waals surface area contributed by atoms with E-state index in [9.17, 15) is 8.78 Å². The maximum absolute atomic E-state index is 12.3. The Labute approximate surface area is 158 Å². The number of halogens is 2. The van der Waals surface area contributed by atoms with Gasteiger partial charge in [-0.1, -0.05) is 18.2 Å². The second-order valence-electron chi connectivity index (χ2n) is 7.56. The Kier molecular flexibility index (Phi) is 5.64. The third kappa shape index (κ3) is 4.82. The average Bonchev–Trinajstić information content (AvgIpc) is 2.94. The minimum Gasteiger partial charge on any atom is -0.435 e. The molecule has 2 atom stereocenters. The van der Waals surface area contributed by atoms with Crippen molar-refractivity contribution in [2.75, 3.05) is 19.6 Å². The monoisotopic (exact) mass is 373 g/mol. The molecule has 4 nitrogen and oxygen atoms in total. The summed E-state index contributed by atoms with van der Waals surface area (Å²) in [5, 5.41) is 0. The van der Waals surface area contributed by atoms with Crippen molar-refractivity contribution < 1.29 is 13.5 Å². The van der Waals surface area contributed by atoms with Crippen LogP contribution in [0.1, 0.15) is 24.1 Å². The number of nitrogens with zero attached hydrogens (tertiary/aromatic N) is 3. The van der Waals surface area contributed by atoms with E-state index in [-0.39, 0.29) is 5.75 Å². The second-order valence-corrected chi connectivity index (χ2v) is 7.56. The number of pyridine rings is 1. The number of hydrogen-bond acceptors (Lipinski definition) is 4. The second kappa shape index (κ2) is 8.31. The molecule has 0 unspecified atom stereocenters. The fourth-order valence-electron chi connectivity index (χ4n) is 4.33. The highest BCUT2D eigenvalue weighted by atomic mass is 19.3. The van der Waals surface area contributed by atoms with Gasteiger partial charge in [-0.05, 0) is 48.6 Å². The van der Waals surface area contributed by atoms with Crippen LogP contribution in [0.2, 0.25) is 0 Å². The number of aromatic nitrogens is 1. The van der Waals surface area contributed by atoms with Gasteiger partial charge in [0.1, 0.15) is 5.75 Å². The lowest BCUT2D eigenvalue weighted by molar-refractivity contribution is -0.0498. The van der Waals surface area contributed by atoms with Gasteiger partial charge >= 0.3 is 6.61 Å². The van der Waals surface area contributed by atoms with Crippen molar-refractivity contribution in [3.63, 3.8) is 0 Å². The van der Waals surface area contributed by atoms with Crippen LogP contribution in [0.15, 0.2) is 48.7 Å². The number of fused-ring (bicyclic) bond motifs is 4. The van der Waals surface area contributed by atoms with Gasteiger partial charge in [0.05, 0.1) is 5.69 Å². The predicted octanol–water partition coefficient (Wildman–Crippen LogP) is 3.78. The summed E-state index contributed by atoms with van der Waals surface area (Å²) in [5.41, 5.74) is 2.26. The van der Waals surface area contributed by atoms with Crippen LogP contribution in [0.25, 0.3) is 0 Å². The van der Waals surface area contributed by atoms with Crippen molar-refractivity contribution in [3.05, 3.63) is 59.9 Å². The first-order chi connectivity index (χ1) is 13.2. The van der Waals surface area contributed by atoms with Gasteiger partial charge in [0.25, 0.3) is 0 Å². The number of hydrogen-bond donors (Lipinski definition) is 0. The summed E-state index contributed by atoms with van der Waals surface area (Å²) in [5.74, 6) is 0.890. The molecule has 144 valence electrons. The number of ether oxygens (including phenoxy) is 1. The van der Waals surface area contributed by atoms with Crippen molar-refractivity contribution in [3.8, 4) is 5.75 Å². The van der Waals surface area contributed by atoms with Crippen LogP contribution in [0, 0.1) is 5.92 Å². The van der Waals surface area contributed by atoms with Crippen LogP contribution in [0.5, 0.6) is 5.75 Å². The van der Waals surface area contributed by atoms with Gasteiger partial charge in [0.15, 0.2) is 0 Å². The highest BCUT2D eigenvalue weighted by Crippen LogP contribution is 2.30. The van der Waals surface area contributed by atoms with Crippen molar-refractivity contribution in [1.29, 1.82) is 0 Å². The highest BCUT2D eigenvalue weighted by Gasteiger charge is 2.34. The molecule has 3 aliphatic heterocycles. The molecule has 2 bridgehead atoms. The van der Waals surface area contributed by atoms with Gasteiger partial charge in [0.2, 0.25) is 0 Å². The highest BCUT2D eigenvalue weighted by molar-refractivity contribution is 5.27. The first-order valence-corrected chi connectivity index (χ1v) is 9.56.